The van der Waals surface area contributed by atoms with Crippen LogP contribution in [0.1, 0.15) is 39.7 Å². The van der Waals surface area contributed by atoms with Crippen LogP contribution in [-0.2, 0) is 16.1 Å². The van der Waals surface area contributed by atoms with Gasteiger partial charge >= 0.3 is 6.09 Å². The second-order valence-corrected chi connectivity index (χ2v) is 6.34. The Morgan fingerprint density at radius 1 is 1.21 bits per heavy atom. The van der Waals surface area contributed by atoms with Crippen molar-refractivity contribution in [2.24, 2.45) is 0 Å². The minimum absolute atomic E-state index is 0.0940. The SMILES string of the molecule is CCN(Cc1ccc(F)c(F)c1)C(=O)CCNC(=O)OC(C)(C)C. The molecule has 1 N–H and O–H groups in total. The first-order chi connectivity index (χ1) is 11.1. The van der Waals surface area contributed by atoms with Gasteiger partial charge in [0.05, 0.1) is 0 Å². The normalized spacial score (nSPS) is 11.1. The van der Waals surface area contributed by atoms with Crippen LogP contribution >= 0.6 is 0 Å². The summed E-state index contributed by atoms with van der Waals surface area (Å²) in [6.45, 7) is 7.78. The summed E-state index contributed by atoms with van der Waals surface area (Å²) < 4.78 is 31.2. The van der Waals surface area contributed by atoms with E-state index in [0.717, 1.165) is 12.1 Å². The number of halogens is 2. The minimum atomic E-state index is -0.942. The van der Waals surface area contributed by atoms with E-state index in [1.165, 1.54) is 11.0 Å². The smallest absolute Gasteiger partial charge is 0.407 e. The third kappa shape index (κ3) is 6.93. The number of alkyl carbamates (subject to hydrolysis) is 1. The molecule has 0 radical (unpaired) electrons. The molecule has 1 aromatic rings. The van der Waals surface area contributed by atoms with E-state index in [4.69, 9.17) is 4.74 Å². The van der Waals surface area contributed by atoms with Gasteiger partial charge in [0.1, 0.15) is 5.60 Å². The second-order valence-electron chi connectivity index (χ2n) is 6.34. The van der Waals surface area contributed by atoms with Crippen molar-refractivity contribution in [3.8, 4) is 0 Å². The zero-order valence-corrected chi connectivity index (χ0v) is 14.5. The van der Waals surface area contributed by atoms with Crippen LogP contribution in [0.2, 0.25) is 0 Å². The standard InChI is InChI=1S/C17H24F2N2O3/c1-5-21(11-12-6-7-13(18)14(19)10-12)15(22)8-9-20-16(23)24-17(2,3)4/h6-7,10H,5,8-9,11H2,1-4H3,(H,20,23). The van der Waals surface area contributed by atoms with E-state index in [1.807, 2.05) is 0 Å². The molecule has 0 saturated heterocycles. The predicted octanol–water partition coefficient (Wildman–Crippen LogP) is 3.23. The summed E-state index contributed by atoms with van der Waals surface area (Å²) in [4.78, 5) is 25.2. The zero-order chi connectivity index (χ0) is 18.3. The first-order valence-corrected chi connectivity index (χ1v) is 7.81. The number of nitrogens with zero attached hydrogens (tertiary/aromatic N) is 1. The number of hydrogen-bond donors (Lipinski definition) is 1. The topological polar surface area (TPSA) is 58.6 Å². The maximum absolute atomic E-state index is 13.2. The summed E-state index contributed by atoms with van der Waals surface area (Å²) in [5.41, 5.74) is -0.0971. The molecule has 0 saturated carbocycles. The minimum Gasteiger partial charge on any atom is -0.444 e. The Morgan fingerprint density at radius 3 is 2.42 bits per heavy atom. The van der Waals surface area contributed by atoms with Crippen molar-refractivity contribution >= 4 is 12.0 Å². The average molecular weight is 342 g/mol. The van der Waals surface area contributed by atoms with Crippen LogP contribution in [0.4, 0.5) is 13.6 Å². The van der Waals surface area contributed by atoms with E-state index in [2.05, 4.69) is 5.32 Å². The molecule has 2 amide bonds. The Kier molecular flexibility index (Phi) is 7.13. The van der Waals surface area contributed by atoms with Crippen molar-refractivity contribution in [3.63, 3.8) is 0 Å². The fourth-order valence-corrected chi connectivity index (χ4v) is 1.98. The monoisotopic (exact) mass is 342 g/mol. The lowest BCUT2D eigenvalue weighted by atomic mass is 10.2. The second kappa shape index (κ2) is 8.61. The molecule has 134 valence electrons. The molecule has 24 heavy (non-hydrogen) atoms. The van der Waals surface area contributed by atoms with Crippen LogP contribution in [0.25, 0.3) is 0 Å². The molecule has 0 aliphatic rings. The van der Waals surface area contributed by atoms with E-state index >= 15 is 0 Å². The molecule has 0 aliphatic carbocycles. The van der Waals surface area contributed by atoms with Gasteiger partial charge in [-0.25, -0.2) is 13.6 Å². The Hall–Kier alpha value is -2.18. The van der Waals surface area contributed by atoms with E-state index in [0.29, 0.717) is 12.1 Å². The quantitative estimate of drug-likeness (QED) is 0.863. The maximum atomic E-state index is 13.2. The Balaban J connectivity index is 2.49. The van der Waals surface area contributed by atoms with Crippen LogP contribution in [0.3, 0.4) is 0 Å². The van der Waals surface area contributed by atoms with Crippen molar-refractivity contribution in [2.45, 2.75) is 46.3 Å². The molecule has 1 aromatic carbocycles. The highest BCUT2D eigenvalue weighted by atomic mass is 19.2. The third-order valence-electron chi connectivity index (χ3n) is 3.10. The third-order valence-corrected chi connectivity index (χ3v) is 3.10. The molecule has 0 fully saturated rings. The number of rotatable bonds is 6. The molecule has 0 bridgehead atoms. The van der Waals surface area contributed by atoms with Gasteiger partial charge in [0.2, 0.25) is 5.91 Å². The van der Waals surface area contributed by atoms with Gasteiger partial charge in [-0.2, -0.15) is 0 Å². The highest BCUT2D eigenvalue weighted by Gasteiger charge is 2.17. The fraction of sp³-hybridized carbons (Fsp3) is 0.529. The van der Waals surface area contributed by atoms with Crippen LogP contribution in [0, 0.1) is 11.6 Å². The van der Waals surface area contributed by atoms with Gasteiger partial charge in [-0.3, -0.25) is 4.79 Å². The summed E-state index contributed by atoms with van der Waals surface area (Å²) >= 11 is 0. The van der Waals surface area contributed by atoms with Gasteiger partial charge in [-0.1, -0.05) is 6.07 Å². The molecule has 0 atom stereocenters. The van der Waals surface area contributed by atoms with E-state index in [9.17, 15) is 18.4 Å². The summed E-state index contributed by atoms with van der Waals surface area (Å²) in [6, 6.07) is 3.55. The van der Waals surface area contributed by atoms with Crippen LogP contribution in [-0.4, -0.2) is 35.6 Å². The van der Waals surface area contributed by atoms with E-state index < -0.39 is 23.3 Å². The van der Waals surface area contributed by atoms with Crippen molar-refractivity contribution in [1.82, 2.24) is 10.2 Å². The lowest BCUT2D eigenvalue weighted by Crippen LogP contribution is -2.36. The van der Waals surface area contributed by atoms with Gasteiger partial charge < -0.3 is 15.0 Å². The van der Waals surface area contributed by atoms with Gasteiger partial charge in [-0.05, 0) is 45.4 Å². The van der Waals surface area contributed by atoms with Crippen LogP contribution < -0.4 is 5.32 Å². The lowest BCUT2D eigenvalue weighted by Gasteiger charge is -2.22. The number of carbonyl (C=O) groups is 2. The van der Waals surface area contributed by atoms with Crippen molar-refractivity contribution in [1.29, 1.82) is 0 Å². The molecule has 1 rings (SSSR count). The van der Waals surface area contributed by atoms with Gasteiger partial charge in [0.25, 0.3) is 0 Å². The van der Waals surface area contributed by atoms with Crippen LogP contribution in [0.5, 0.6) is 0 Å². The number of carbonyl (C=O) groups excluding carboxylic acids is 2. The van der Waals surface area contributed by atoms with Gasteiger partial charge in [-0.15, -0.1) is 0 Å². The lowest BCUT2D eigenvalue weighted by molar-refractivity contribution is -0.131. The van der Waals surface area contributed by atoms with E-state index in [1.54, 1.807) is 27.7 Å². The molecule has 0 aromatic heterocycles. The Morgan fingerprint density at radius 2 is 1.88 bits per heavy atom. The van der Waals surface area contributed by atoms with Gasteiger partial charge in [0.15, 0.2) is 11.6 Å². The number of amides is 2. The van der Waals surface area contributed by atoms with Crippen molar-refractivity contribution in [3.05, 3.63) is 35.4 Å². The first-order valence-electron chi connectivity index (χ1n) is 7.81. The molecular formula is C17H24F2N2O3. The summed E-state index contributed by atoms with van der Waals surface area (Å²) in [7, 11) is 0. The maximum Gasteiger partial charge on any atom is 0.407 e. The molecular weight excluding hydrogens is 318 g/mol. The summed E-state index contributed by atoms with van der Waals surface area (Å²) in [6.07, 6.45) is -0.490. The Labute approximate surface area is 141 Å². The molecule has 5 nitrogen and oxygen atoms in total. The van der Waals surface area contributed by atoms with E-state index in [-0.39, 0.29) is 25.4 Å². The Bertz CT molecular complexity index is 586. The molecule has 0 unspecified atom stereocenters. The largest absolute Gasteiger partial charge is 0.444 e. The average Bonchev–Trinajstić information content (AvgIpc) is 2.46. The zero-order valence-electron chi connectivity index (χ0n) is 14.5. The predicted molar refractivity (Wildman–Crippen MR) is 86.3 cm³/mol. The molecule has 0 spiro atoms. The van der Waals surface area contributed by atoms with Gasteiger partial charge in [0, 0.05) is 26.1 Å². The summed E-state index contributed by atoms with van der Waals surface area (Å²) in [5.74, 6) is -2.06. The number of benzene rings is 1. The van der Waals surface area contributed by atoms with Crippen molar-refractivity contribution in [2.75, 3.05) is 13.1 Å². The highest BCUT2D eigenvalue weighted by molar-refractivity contribution is 5.77. The number of nitrogens with one attached hydrogen (secondary N) is 1. The fourth-order valence-electron chi connectivity index (χ4n) is 1.98. The summed E-state index contributed by atoms with van der Waals surface area (Å²) in [5, 5.41) is 2.51. The molecule has 7 heteroatoms. The van der Waals surface area contributed by atoms with Crippen LogP contribution in [0.15, 0.2) is 18.2 Å². The molecule has 0 heterocycles. The first kappa shape index (κ1) is 19.9. The molecule has 0 aliphatic heterocycles. The highest BCUT2D eigenvalue weighted by Crippen LogP contribution is 2.12. The number of hydrogen-bond acceptors (Lipinski definition) is 3. The van der Waals surface area contributed by atoms with Crippen molar-refractivity contribution < 1.29 is 23.1 Å². The number of ether oxygens (including phenoxy) is 1.